The fraction of sp³-hybridized carbons (Fsp3) is 1.00. The van der Waals surface area contributed by atoms with E-state index in [9.17, 15) is 0 Å². The van der Waals surface area contributed by atoms with Crippen molar-refractivity contribution in [2.75, 3.05) is 0 Å². The fourth-order valence-electron chi connectivity index (χ4n) is 3.71. The molecular formula is C15H30. The Kier molecular flexibility index (Phi) is 3.90. The summed E-state index contributed by atoms with van der Waals surface area (Å²) in [5.74, 6) is 4.58. The molecule has 0 nitrogen and oxygen atoms in total. The van der Waals surface area contributed by atoms with Crippen molar-refractivity contribution in [1.29, 1.82) is 0 Å². The van der Waals surface area contributed by atoms with Gasteiger partial charge < -0.3 is 0 Å². The minimum atomic E-state index is 0.487. The zero-order valence-electron chi connectivity index (χ0n) is 11.8. The van der Waals surface area contributed by atoms with Crippen LogP contribution in [0.3, 0.4) is 0 Å². The average molecular weight is 210 g/mol. The van der Waals surface area contributed by atoms with Crippen LogP contribution in [0.15, 0.2) is 0 Å². The molecule has 0 aliphatic heterocycles. The zero-order valence-corrected chi connectivity index (χ0v) is 11.8. The monoisotopic (exact) mass is 210 g/mol. The molecule has 0 heteroatoms. The minimum Gasteiger partial charge on any atom is -0.0651 e. The van der Waals surface area contributed by atoms with Crippen molar-refractivity contribution >= 4 is 0 Å². The number of rotatable bonds is 1. The molecule has 0 saturated heterocycles. The maximum Gasteiger partial charge on any atom is -0.0334 e. The van der Waals surface area contributed by atoms with Crippen molar-refractivity contribution in [3.63, 3.8) is 0 Å². The first kappa shape index (κ1) is 13.1. The molecule has 1 fully saturated rings. The average Bonchev–Trinajstić information content (AvgIpc) is 2.13. The summed E-state index contributed by atoms with van der Waals surface area (Å²) in [5.41, 5.74) is 0.487. The molecule has 0 radical (unpaired) electrons. The van der Waals surface area contributed by atoms with E-state index in [0.29, 0.717) is 5.41 Å². The van der Waals surface area contributed by atoms with Crippen molar-refractivity contribution in [2.45, 2.75) is 61.3 Å². The number of hydrogen-bond acceptors (Lipinski definition) is 0. The van der Waals surface area contributed by atoms with Crippen molar-refractivity contribution in [1.82, 2.24) is 0 Å². The van der Waals surface area contributed by atoms with Gasteiger partial charge in [0.2, 0.25) is 0 Å². The summed E-state index contributed by atoms with van der Waals surface area (Å²) in [6.07, 6.45) is 2.82. The highest BCUT2D eigenvalue weighted by Gasteiger charge is 2.41. The molecule has 1 aliphatic carbocycles. The molecule has 1 saturated carbocycles. The zero-order chi connectivity index (χ0) is 11.8. The standard InChI is InChI=1S/C15H30/c1-8-13-9-14(15(5,6)7)12(4)10(2)11(13)3/h10-14H,8-9H2,1-7H3/t10-,11+,12?,13?,14+/m0/s1. The summed E-state index contributed by atoms with van der Waals surface area (Å²) in [6.45, 7) is 17.0. The SMILES string of the molecule is CCC1C[C@@H](C(C)(C)C)C(C)[C@@H](C)[C@H]1C. The molecule has 0 aromatic heterocycles. The Labute approximate surface area is 96.8 Å². The Morgan fingerprint density at radius 2 is 1.47 bits per heavy atom. The normalized spacial score (nSPS) is 43.0. The third kappa shape index (κ3) is 2.57. The lowest BCUT2D eigenvalue weighted by Crippen LogP contribution is -2.41. The van der Waals surface area contributed by atoms with E-state index in [1.807, 2.05) is 0 Å². The van der Waals surface area contributed by atoms with Crippen LogP contribution in [0.1, 0.15) is 61.3 Å². The topological polar surface area (TPSA) is 0 Å². The van der Waals surface area contributed by atoms with E-state index in [0.717, 1.165) is 29.6 Å². The fourth-order valence-corrected chi connectivity index (χ4v) is 3.71. The Balaban J connectivity index is 2.83. The van der Waals surface area contributed by atoms with E-state index in [-0.39, 0.29) is 0 Å². The second-order valence-corrected chi connectivity index (χ2v) is 6.95. The van der Waals surface area contributed by atoms with E-state index in [1.54, 1.807) is 0 Å². The summed E-state index contributed by atoms with van der Waals surface area (Å²) in [5, 5.41) is 0. The highest BCUT2D eigenvalue weighted by atomic mass is 14.5. The van der Waals surface area contributed by atoms with Crippen LogP contribution >= 0.6 is 0 Å². The highest BCUT2D eigenvalue weighted by molar-refractivity contribution is 4.90. The molecule has 2 unspecified atom stereocenters. The third-order valence-electron chi connectivity index (χ3n) is 5.23. The van der Waals surface area contributed by atoms with Gasteiger partial charge >= 0.3 is 0 Å². The van der Waals surface area contributed by atoms with Crippen molar-refractivity contribution in [2.24, 2.45) is 35.0 Å². The van der Waals surface area contributed by atoms with E-state index in [1.165, 1.54) is 12.8 Å². The van der Waals surface area contributed by atoms with Gasteiger partial charge in [-0.1, -0.05) is 54.9 Å². The van der Waals surface area contributed by atoms with E-state index in [2.05, 4.69) is 48.5 Å². The van der Waals surface area contributed by atoms with Gasteiger partial charge in [0.1, 0.15) is 0 Å². The Morgan fingerprint density at radius 3 is 1.87 bits per heavy atom. The predicted molar refractivity (Wildman–Crippen MR) is 68.8 cm³/mol. The lowest BCUT2D eigenvalue weighted by molar-refractivity contribution is 0.00622. The first-order valence-electron chi connectivity index (χ1n) is 6.79. The van der Waals surface area contributed by atoms with Gasteiger partial charge in [0.05, 0.1) is 0 Å². The number of hydrogen-bond donors (Lipinski definition) is 0. The Bertz CT molecular complexity index is 197. The predicted octanol–water partition coefficient (Wildman–Crippen LogP) is 4.99. The van der Waals surface area contributed by atoms with Crippen molar-refractivity contribution < 1.29 is 0 Å². The van der Waals surface area contributed by atoms with Gasteiger partial charge in [-0.2, -0.15) is 0 Å². The van der Waals surface area contributed by atoms with Gasteiger partial charge in [-0.05, 0) is 41.4 Å². The molecule has 0 spiro atoms. The summed E-state index contributed by atoms with van der Waals surface area (Å²) >= 11 is 0. The minimum absolute atomic E-state index is 0.487. The van der Waals surface area contributed by atoms with Gasteiger partial charge in [0, 0.05) is 0 Å². The molecule has 15 heavy (non-hydrogen) atoms. The maximum absolute atomic E-state index is 2.48. The summed E-state index contributed by atoms with van der Waals surface area (Å²) in [7, 11) is 0. The smallest absolute Gasteiger partial charge is 0.0334 e. The van der Waals surface area contributed by atoms with Gasteiger partial charge in [-0.15, -0.1) is 0 Å². The van der Waals surface area contributed by atoms with Gasteiger partial charge in [-0.3, -0.25) is 0 Å². The quantitative estimate of drug-likeness (QED) is 0.572. The van der Waals surface area contributed by atoms with Gasteiger partial charge in [0.15, 0.2) is 0 Å². The van der Waals surface area contributed by atoms with E-state index >= 15 is 0 Å². The van der Waals surface area contributed by atoms with Crippen LogP contribution in [0, 0.1) is 35.0 Å². The molecule has 5 atom stereocenters. The second-order valence-electron chi connectivity index (χ2n) is 6.95. The molecule has 90 valence electrons. The maximum atomic E-state index is 2.48. The van der Waals surface area contributed by atoms with Crippen molar-refractivity contribution in [3.05, 3.63) is 0 Å². The summed E-state index contributed by atoms with van der Waals surface area (Å²) < 4.78 is 0. The second kappa shape index (κ2) is 4.47. The molecule has 0 amide bonds. The molecule has 0 aromatic carbocycles. The molecule has 1 aliphatic rings. The lowest BCUT2D eigenvalue weighted by Gasteiger charge is -2.48. The van der Waals surface area contributed by atoms with Crippen LogP contribution in [-0.2, 0) is 0 Å². The van der Waals surface area contributed by atoms with Crippen LogP contribution in [0.2, 0.25) is 0 Å². The molecule has 0 aromatic rings. The van der Waals surface area contributed by atoms with Crippen LogP contribution in [-0.4, -0.2) is 0 Å². The first-order valence-corrected chi connectivity index (χ1v) is 6.79. The largest absolute Gasteiger partial charge is 0.0651 e. The summed E-state index contributed by atoms with van der Waals surface area (Å²) in [6, 6.07) is 0. The van der Waals surface area contributed by atoms with Gasteiger partial charge in [-0.25, -0.2) is 0 Å². The lowest BCUT2D eigenvalue weighted by atomic mass is 9.57. The van der Waals surface area contributed by atoms with Crippen LogP contribution in [0.4, 0.5) is 0 Å². The van der Waals surface area contributed by atoms with Crippen LogP contribution < -0.4 is 0 Å². The molecule has 1 rings (SSSR count). The third-order valence-corrected chi connectivity index (χ3v) is 5.23. The Hall–Kier alpha value is 0. The molecular weight excluding hydrogens is 180 g/mol. The van der Waals surface area contributed by atoms with Crippen LogP contribution in [0.5, 0.6) is 0 Å². The molecule has 0 heterocycles. The van der Waals surface area contributed by atoms with E-state index < -0.39 is 0 Å². The van der Waals surface area contributed by atoms with Crippen molar-refractivity contribution in [3.8, 4) is 0 Å². The molecule has 0 N–H and O–H groups in total. The van der Waals surface area contributed by atoms with Gasteiger partial charge in [0.25, 0.3) is 0 Å². The van der Waals surface area contributed by atoms with Crippen LogP contribution in [0.25, 0.3) is 0 Å². The van der Waals surface area contributed by atoms with E-state index in [4.69, 9.17) is 0 Å². The summed E-state index contributed by atoms with van der Waals surface area (Å²) in [4.78, 5) is 0. The Morgan fingerprint density at radius 1 is 0.933 bits per heavy atom. The first-order chi connectivity index (χ1) is 6.79. The molecule has 0 bridgehead atoms. The highest BCUT2D eigenvalue weighted by Crippen LogP contribution is 2.49.